The monoisotopic (exact) mass is 315 g/mol. The van der Waals surface area contributed by atoms with E-state index in [0.717, 1.165) is 24.4 Å². The second-order valence-electron chi connectivity index (χ2n) is 5.34. The van der Waals surface area contributed by atoms with E-state index in [1.165, 1.54) is 6.07 Å². The maximum absolute atomic E-state index is 13.5. The first-order chi connectivity index (χ1) is 9.45. The zero-order chi connectivity index (χ0) is 14.7. The van der Waals surface area contributed by atoms with Crippen LogP contribution in [0.15, 0.2) is 24.3 Å². The molecule has 0 saturated carbocycles. The van der Waals surface area contributed by atoms with Crippen LogP contribution in [0.3, 0.4) is 0 Å². The fraction of sp³-hybridized carbons (Fsp3) is 0.400. The van der Waals surface area contributed by atoms with Crippen molar-refractivity contribution < 1.29 is 8.78 Å². The van der Waals surface area contributed by atoms with Gasteiger partial charge in [0.2, 0.25) is 0 Å². The van der Waals surface area contributed by atoms with E-state index in [2.05, 4.69) is 24.3 Å². The second kappa shape index (κ2) is 7.41. The van der Waals surface area contributed by atoms with Gasteiger partial charge >= 0.3 is 0 Å². The normalized spacial score (nSPS) is 10.6. The summed E-state index contributed by atoms with van der Waals surface area (Å²) in [7, 11) is 0. The van der Waals surface area contributed by atoms with Crippen molar-refractivity contribution in [2.24, 2.45) is 5.92 Å². The van der Waals surface area contributed by atoms with E-state index in [1.807, 2.05) is 17.7 Å². The molecular weight excluding hydrogens is 296 g/mol. The highest BCUT2D eigenvalue weighted by molar-refractivity contribution is 5.85. The molecule has 0 amide bonds. The molecule has 0 aliphatic heterocycles. The summed E-state index contributed by atoms with van der Waals surface area (Å²) in [6.07, 6.45) is 0. The summed E-state index contributed by atoms with van der Waals surface area (Å²) in [5.41, 5.74) is 1.34. The molecule has 21 heavy (non-hydrogen) atoms. The van der Waals surface area contributed by atoms with Gasteiger partial charge in [0.05, 0.1) is 0 Å². The quantitative estimate of drug-likeness (QED) is 0.898. The lowest BCUT2D eigenvalue weighted by Gasteiger charge is -2.07. The van der Waals surface area contributed by atoms with Gasteiger partial charge in [-0.15, -0.1) is 12.4 Å². The van der Waals surface area contributed by atoms with Gasteiger partial charge in [-0.25, -0.2) is 8.78 Å². The minimum Gasteiger partial charge on any atom is -0.364 e. The Morgan fingerprint density at radius 1 is 1.24 bits per heavy atom. The van der Waals surface area contributed by atoms with Crippen LogP contribution in [0, 0.1) is 24.5 Å². The number of halogens is 3. The third-order valence-electron chi connectivity index (χ3n) is 2.99. The van der Waals surface area contributed by atoms with Crippen LogP contribution >= 0.6 is 12.4 Å². The van der Waals surface area contributed by atoms with Gasteiger partial charge in [-0.05, 0) is 31.0 Å². The highest BCUT2D eigenvalue weighted by Gasteiger charge is 2.08. The van der Waals surface area contributed by atoms with Crippen LogP contribution in [0.2, 0.25) is 0 Å². The number of hydrogen-bond donors (Lipinski definition) is 1. The molecule has 6 heteroatoms. The number of nitrogens with zero attached hydrogens (tertiary/aromatic N) is 2. The Hall–Kier alpha value is -1.62. The lowest BCUT2D eigenvalue weighted by molar-refractivity contribution is 0.475. The van der Waals surface area contributed by atoms with Gasteiger partial charge in [0.1, 0.15) is 17.5 Å². The fourth-order valence-electron chi connectivity index (χ4n) is 1.99. The molecule has 0 unspecified atom stereocenters. The topological polar surface area (TPSA) is 29.9 Å². The van der Waals surface area contributed by atoms with Crippen LogP contribution in [0.1, 0.15) is 25.1 Å². The van der Waals surface area contributed by atoms with Crippen LogP contribution in [-0.2, 0) is 13.1 Å². The molecule has 0 aliphatic rings. The Morgan fingerprint density at radius 3 is 2.62 bits per heavy atom. The molecule has 0 aliphatic carbocycles. The Morgan fingerprint density at radius 2 is 1.95 bits per heavy atom. The second-order valence-corrected chi connectivity index (χ2v) is 5.34. The predicted octanol–water partition coefficient (Wildman–Crippen LogP) is 4.16. The Balaban J connectivity index is 0.00000220. The van der Waals surface area contributed by atoms with E-state index in [-0.39, 0.29) is 19.0 Å². The Labute approximate surface area is 129 Å². The van der Waals surface area contributed by atoms with Gasteiger partial charge < -0.3 is 5.32 Å². The molecule has 2 rings (SSSR count). The standard InChI is InChI=1S/C15H19F2N3.ClH/c1-10(2)9-20-11(3)6-15(19-20)18-8-12-7-13(16)4-5-14(12)17;/h4-7,10H,8-9H2,1-3H3,(H,18,19);1H. The van der Waals surface area contributed by atoms with Crippen LogP contribution in [-0.4, -0.2) is 9.78 Å². The maximum atomic E-state index is 13.5. The molecule has 116 valence electrons. The lowest BCUT2D eigenvalue weighted by Crippen LogP contribution is -2.08. The smallest absolute Gasteiger partial charge is 0.148 e. The summed E-state index contributed by atoms with van der Waals surface area (Å²) >= 11 is 0. The third kappa shape index (κ3) is 4.70. The van der Waals surface area contributed by atoms with Crippen molar-refractivity contribution in [2.45, 2.75) is 33.9 Å². The van der Waals surface area contributed by atoms with Gasteiger partial charge in [-0.3, -0.25) is 4.68 Å². The summed E-state index contributed by atoms with van der Waals surface area (Å²) in [5.74, 6) is 0.316. The average molecular weight is 316 g/mol. The van der Waals surface area contributed by atoms with Gasteiger partial charge in [-0.2, -0.15) is 5.10 Å². The number of benzene rings is 1. The largest absolute Gasteiger partial charge is 0.364 e. The first-order valence-electron chi connectivity index (χ1n) is 6.68. The van der Waals surface area contributed by atoms with Crippen molar-refractivity contribution >= 4 is 18.2 Å². The van der Waals surface area contributed by atoms with Gasteiger partial charge in [-0.1, -0.05) is 13.8 Å². The molecule has 1 aromatic heterocycles. The highest BCUT2D eigenvalue weighted by atomic mass is 35.5. The van der Waals surface area contributed by atoms with Gasteiger partial charge in [0.25, 0.3) is 0 Å². The number of nitrogens with one attached hydrogen (secondary N) is 1. The van der Waals surface area contributed by atoms with E-state index in [4.69, 9.17) is 0 Å². The minimum atomic E-state index is -0.440. The zero-order valence-corrected chi connectivity index (χ0v) is 13.2. The van der Waals surface area contributed by atoms with Crippen LogP contribution in [0.25, 0.3) is 0 Å². The van der Waals surface area contributed by atoms with Crippen molar-refractivity contribution in [1.29, 1.82) is 0 Å². The summed E-state index contributed by atoms with van der Waals surface area (Å²) in [5, 5.41) is 7.43. The predicted molar refractivity (Wildman–Crippen MR) is 82.7 cm³/mol. The number of aromatic nitrogens is 2. The highest BCUT2D eigenvalue weighted by Crippen LogP contribution is 2.14. The molecule has 1 N–H and O–H groups in total. The van der Waals surface area contributed by atoms with E-state index in [0.29, 0.717) is 17.3 Å². The first kappa shape index (κ1) is 17.4. The molecular formula is C15H20ClF2N3. The molecule has 0 fully saturated rings. The van der Waals surface area contributed by atoms with Crippen molar-refractivity contribution in [3.8, 4) is 0 Å². The molecule has 1 aromatic carbocycles. The van der Waals surface area contributed by atoms with Crippen LogP contribution in [0.4, 0.5) is 14.6 Å². The van der Waals surface area contributed by atoms with Crippen LogP contribution in [0.5, 0.6) is 0 Å². The fourth-order valence-corrected chi connectivity index (χ4v) is 1.99. The lowest BCUT2D eigenvalue weighted by atomic mass is 10.2. The summed E-state index contributed by atoms with van der Waals surface area (Å²) in [6.45, 7) is 7.26. The van der Waals surface area contributed by atoms with E-state index in [9.17, 15) is 8.78 Å². The zero-order valence-electron chi connectivity index (χ0n) is 12.4. The number of hydrogen-bond acceptors (Lipinski definition) is 2. The van der Waals surface area contributed by atoms with Crippen molar-refractivity contribution in [1.82, 2.24) is 9.78 Å². The maximum Gasteiger partial charge on any atom is 0.148 e. The molecule has 2 aromatic rings. The Kier molecular flexibility index (Phi) is 6.15. The third-order valence-corrected chi connectivity index (χ3v) is 2.99. The van der Waals surface area contributed by atoms with Gasteiger partial charge in [0.15, 0.2) is 0 Å². The average Bonchev–Trinajstić information content (AvgIpc) is 2.70. The van der Waals surface area contributed by atoms with Crippen molar-refractivity contribution in [3.05, 3.63) is 47.2 Å². The molecule has 1 heterocycles. The molecule has 0 radical (unpaired) electrons. The number of aryl methyl sites for hydroxylation is 1. The Bertz CT molecular complexity index is 597. The molecule has 0 bridgehead atoms. The minimum absolute atomic E-state index is 0. The molecule has 0 saturated heterocycles. The SMILES string of the molecule is Cc1cc(NCc2cc(F)ccc2F)nn1CC(C)C.Cl. The van der Waals surface area contributed by atoms with E-state index >= 15 is 0 Å². The number of anilines is 1. The summed E-state index contributed by atoms with van der Waals surface area (Å²) < 4.78 is 28.5. The summed E-state index contributed by atoms with van der Waals surface area (Å²) in [4.78, 5) is 0. The summed E-state index contributed by atoms with van der Waals surface area (Å²) in [6, 6.07) is 5.34. The first-order valence-corrected chi connectivity index (χ1v) is 6.68. The van der Waals surface area contributed by atoms with E-state index < -0.39 is 11.6 Å². The molecule has 3 nitrogen and oxygen atoms in total. The number of rotatable bonds is 5. The van der Waals surface area contributed by atoms with Crippen molar-refractivity contribution in [2.75, 3.05) is 5.32 Å². The molecule has 0 atom stereocenters. The van der Waals surface area contributed by atoms with Crippen LogP contribution < -0.4 is 5.32 Å². The van der Waals surface area contributed by atoms with Gasteiger partial charge in [0, 0.05) is 30.4 Å². The molecule has 0 spiro atoms. The van der Waals surface area contributed by atoms with E-state index in [1.54, 1.807) is 0 Å². The van der Waals surface area contributed by atoms with Crippen molar-refractivity contribution in [3.63, 3.8) is 0 Å².